The number of fused-ring (bicyclic) bond motifs is 1. The summed E-state index contributed by atoms with van der Waals surface area (Å²) >= 11 is 0. The summed E-state index contributed by atoms with van der Waals surface area (Å²) in [5.41, 5.74) is 10.2. The summed E-state index contributed by atoms with van der Waals surface area (Å²) in [6, 6.07) is 9.89. The molecule has 8 heteroatoms. The molecule has 30 heavy (non-hydrogen) atoms. The summed E-state index contributed by atoms with van der Waals surface area (Å²) in [6.07, 6.45) is 3.43. The second kappa shape index (κ2) is 8.76. The number of amides is 1. The van der Waals surface area contributed by atoms with Gasteiger partial charge in [0.1, 0.15) is 29.4 Å². The van der Waals surface area contributed by atoms with E-state index in [1.807, 2.05) is 41.8 Å². The van der Waals surface area contributed by atoms with Crippen molar-refractivity contribution in [2.45, 2.75) is 19.9 Å². The van der Waals surface area contributed by atoms with Gasteiger partial charge in [0.05, 0.1) is 11.1 Å². The van der Waals surface area contributed by atoms with Crippen molar-refractivity contribution >= 4 is 28.8 Å². The van der Waals surface area contributed by atoms with Crippen LogP contribution in [0.4, 0.5) is 5.82 Å². The van der Waals surface area contributed by atoms with Gasteiger partial charge in [-0.15, -0.1) is 0 Å². The van der Waals surface area contributed by atoms with Gasteiger partial charge in [-0.25, -0.2) is 9.97 Å². The Morgan fingerprint density at radius 1 is 1.30 bits per heavy atom. The van der Waals surface area contributed by atoms with Gasteiger partial charge in [-0.2, -0.15) is 5.26 Å². The minimum absolute atomic E-state index is 0.00653. The highest BCUT2D eigenvalue weighted by molar-refractivity contribution is 6.08. The Balaban J connectivity index is 2.42. The number of carbonyl (C=O) groups excluding carboxylic acids is 1. The van der Waals surface area contributed by atoms with Crippen molar-refractivity contribution in [2.75, 3.05) is 26.4 Å². The number of hydrogen-bond acceptors (Lipinski definition) is 6. The smallest absolute Gasteiger partial charge is 0.264 e. The zero-order valence-electron chi connectivity index (χ0n) is 17.3. The lowest BCUT2D eigenvalue weighted by Gasteiger charge is -2.12. The fraction of sp³-hybridized carbons (Fsp3) is 0.273. The lowest BCUT2D eigenvalue weighted by molar-refractivity contribution is -0.124. The number of nitrogens with zero attached hydrogens (tertiary/aromatic N) is 5. The van der Waals surface area contributed by atoms with Crippen molar-refractivity contribution in [3.05, 3.63) is 47.4 Å². The van der Waals surface area contributed by atoms with Crippen LogP contribution >= 0.6 is 0 Å². The lowest BCUT2D eigenvalue weighted by atomic mass is 10.00. The molecule has 8 nitrogen and oxygen atoms in total. The number of hydrogen-bond donors (Lipinski definition) is 2. The van der Waals surface area contributed by atoms with E-state index in [0.717, 1.165) is 16.7 Å². The first-order valence-electron chi connectivity index (χ1n) is 9.53. The SMILES string of the molecule is Cc1ccc(-c2c(C=C(C#N)C(=O)N(C)C)n(CCCO)c3ncnc(N)c23)cc1. The maximum Gasteiger partial charge on any atom is 0.264 e. The van der Waals surface area contributed by atoms with Crippen LogP contribution < -0.4 is 5.73 Å². The number of aliphatic hydroxyl groups is 1. The van der Waals surface area contributed by atoms with Gasteiger partial charge in [0.15, 0.2) is 0 Å². The van der Waals surface area contributed by atoms with Gasteiger partial charge in [-0.1, -0.05) is 29.8 Å². The number of anilines is 1. The van der Waals surface area contributed by atoms with E-state index in [1.165, 1.54) is 11.2 Å². The Morgan fingerprint density at radius 3 is 2.60 bits per heavy atom. The highest BCUT2D eigenvalue weighted by atomic mass is 16.3. The standard InChI is InChI=1S/C22H24N6O2/c1-14-5-7-15(8-6-14)18-17(11-16(12-23)22(30)27(2)3)28(9-4-10-29)21-19(18)20(24)25-13-26-21/h5-8,11,13,29H,4,9-10H2,1-3H3,(H2,24,25,26). The maximum absolute atomic E-state index is 12.5. The molecule has 0 radical (unpaired) electrons. The molecule has 3 aromatic rings. The fourth-order valence-corrected chi connectivity index (χ4v) is 3.35. The number of aliphatic hydroxyl groups excluding tert-OH is 1. The second-order valence-electron chi connectivity index (χ2n) is 7.18. The number of nitrogen functional groups attached to an aromatic ring is 1. The predicted octanol–water partition coefficient (Wildman–Crippen LogP) is 2.37. The fourth-order valence-electron chi connectivity index (χ4n) is 3.35. The summed E-state index contributed by atoms with van der Waals surface area (Å²) in [6.45, 7) is 2.43. The van der Waals surface area contributed by atoms with Crippen LogP contribution in [0, 0.1) is 18.3 Å². The third-order valence-corrected chi connectivity index (χ3v) is 4.83. The topological polar surface area (TPSA) is 121 Å². The van der Waals surface area contributed by atoms with Gasteiger partial charge in [0.25, 0.3) is 5.91 Å². The molecular weight excluding hydrogens is 380 g/mol. The average Bonchev–Trinajstić information content (AvgIpc) is 3.04. The molecule has 154 valence electrons. The number of rotatable bonds is 6. The van der Waals surface area contributed by atoms with E-state index in [1.54, 1.807) is 20.2 Å². The molecule has 0 unspecified atom stereocenters. The number of carbonyl (C=O) groups is 1. The van der Waals surface area contributed by atoms with Crippen molar-refractivity contribution in [3.8, 4) is 17.2 Å². The first-order chi connectivity index (χ1) is 14.4. The number of likely N-dealkylation sites (N-methyl/N-ethyl adjacent to an activating group) is 1. The van der Waals surface area contributed by atoms with Crippen molar-refractivity contribution < 1.29 is 9.90 Å². The predicted molar refractivity (Wildman–Crippen MR) is 116 cm³/mol. The molecule has 0 aliphatic rings. The van der Waals surface area contributed by atoms with Gasteiger partial charge >= 0.3 is 0 Å². The minimum atomic E-state index is -0.398. The van der Waals surface area contributed by atoms with Gasteiger partial charge in [0, 0.05) is 32.8 Å². The van der Waals surface area contributed by atoms with Crippen LogP contribution in [-0.4, -0.2) is 51.2 Å². The molecule has 0 fully saturated rings. The van der Waals surface area contributed by atoms with Crippen molar-refractivity contribution in [3.63, 3.8) is 0 Å². The molecule has 2 heterocycles. The summed E-state index contributed by atoms with van der Waals surface area (Å²) in [4.78, 5) is 22.4. The Morgan fingerprint density at radius 2 is 2.00 bits per heavy atom. The van der Waals surface area contributed by atoms with Gasteiger partial charge in [0.2, 0.25) is 0 Å². The first-order valence-corrected chi connectivity index (χ1v) is 9.53. The maximum atomic E-state index is 12.5. The monoisotopic (exact) mass is 404 g/mol. The molecule has 2 aromatic heterocycles. The second-order valence-corrected chi connectivity index (χ2v) is 7.18. The molecule has 0 spiro atoms. The van der Waals surface area contributed by atoms with Crippen LogP contribution in [0.25, 0.3) is 28.2 Å². The molecule has 3 N–H and O–H groups in total. The minimum Gasteiger partial charge on any atom is -0.396 e. The zero-order chi connectivity index (χ0) is 21.8. The highest BCUT2D eigenvalue weighted by Gasteiger charge is 2.23. The summed E-state index contributed by atoms with van der Waals surface area (Å²) < 4.78 is 1.87. The van der Waals surface area contributed by atoms with Crippen molar-refractivity contribution in [1.82, 2.24) is 19.4 Å². The van der Waals surface area contributed by atoms with E-state index in [9.17, 15) is 15.2 Å². The lowest BCUT2D eigenvalue weighted by Crippen LogP contribution is -2.23. The number of benzene rings is 1. The van der Waals surface area contributed by atoms with Crippen LogP contribution in [0.2, 0.25) is 0 Å². The van der Waals surface area contributed by atoms with E-state index < -0.39 is 5.91 Å². The molecule has 0 aliphatic carbocycles. The number of aryl methyl sites for hydroxylation is 2. The molecule has 0 bridgehead atoms. The van der Waals surface area contributed by atoms with Gasteiger partial charge < -0.3 is 20.3 Å². The molecular formula is C22H24N6O2. The normalized spacial score (nSPS) is 11.5. The van der Waals surface area contributed by atoms with Crippen LogP contribution in [0.1, 0.15) is 17.7 Å². The number of nitriles is 1. The van der Waals surface area contributed by atoms with Gasteiger partial charge in [-0.05, 0) is 25.0 Å². The van der Waals surface area contributed by atoms with E-state index in [-0.39, 0.29) is 12.2 Å². The average molecular weight is 404 g/mol. The Hall–Kier alpha value is -3.70. The molecule has 1 aromatic carbocycles. The number of aromatic nitrogens is 3. The van der Waals surface area contributed by atoms with E-state index in [0.29, 0.717) is 35.5 Å². The van der Waals surface area contributed by atoms with E-state index in [4.69, 9.17) is 5.73 Å². The van der Waals surface area contributed by atoms with Crippen LogP contribution in [0.5, 0.6) is 0 Å². The molecule has 0 aliphatic heterocycles. The summed E-state index contributed by atoms with van der Waals surface area (Å²) in [7, 11) is 3.19. The molecule has 0 saturated carbocycles. The van der Waals surface area contributed by atoms with E-state index in [2.05, 4.69) is 9.97 Å². The summed E-state index contributed by atoms with van der Waals surface area (Å²) in [5.74, 6) is -0.0872. The molecule has 0 atom stereocenters. The zero-order valence-corrected chi connectivity index (χ0v) is 17.3. The van der Waals surface area contributed by atoms with Crippen LogP contribution in [0.3, 0.4) is 0 Å². The highest BCUT2D eigenvalue weighted by Crippen LogP contribution is 2.38. The van der Waals surface area contributed by atoms with Crippen LogP contribution in [-0.2, 0) is 11.3 Å². The van der Waals surface area contributed by atoms with Crippen molar-refractivity contribution in [1.29, 1.82) is 5.26 Å². The first kappa shape index (κ1) is 21.0. The van der Waals surface area contributed by atoms with Gasteiger partial charge in [-0.3, -0.25) is 4.79 Å². The largest absolute Gasteiger partial charge is 0.396 e. The molecule has 3 rings (SSSR count). The third kappa shape index (κ3) is 3.88. The van der Waals surface area contributed by atoms with Crippen LogP contribution in [0.15, 0.2) is 36.2 Å². The number of nitrogens with two attached hydrogens (primary N) is 1. The third-order valence-electron chi connectivity index (χ3n) is 4.83. The Kier molecular flexibility index (Phi) is 6.14. The Bertz CT molecular complexity index is 1150. The van der Waals surface area contributed by atoms with E-state index >= 15 is 0 Å². The summed E-state index contributed by atoms with van der Waals surface area (Å²) in [5, 5.41) is 19.7. The Labute approximate surface area is 174 Å². The molecule has 1 amide bonds. The molecule has 0 saturated heterocycles. The van der Waals surface area contributed by atoms with Crippen molar-refractivity contribution in [2.24, 2.45) is 0 Å². The quantitative estimate of drug-likeness (QED) is 0.480.